The van der Waals surface area contributed by atoms with Crippen LogP contribution in [0.5, 0.6) is 0 Å². The molecule has 2 heterocycles. The highest BCUT2D eigenvalue weighted by Crippen LogP contribution is 2.30. The molecule has 0 amide bonds. The Labute approximate surface area is 66.0 Å². The molecule has 0 aromatic carbocycles. The van der Waals surface area contributed by atoms with Gasteiger partial charge >= 0.3 is 5.97 Å². The molecule has 2 atom stereocenters. The lowest BCUT2D eigenvalue weighted by atomic mass is 9.86. The van der Waals surface area contributed by atoms with Crippen LogP contribution >= 0.6 is 0 Å². The van der Waals surface area contributed by atoms with E-state index in [0.29, 0.717) is 0 Å². The van der Waals surface area contributed by atoms with Gasteiger partial charge in [0.15, 0.2) is 0 Å². The van der Waals surface area contributed by atoms with Crippen LogP contribution in [-0.4, -0.2) is 35.1 Å². The molecular formula is C8H13NO2. The third kappa shape index (κ3) is 1.13. The molecule has 3 nitrogen and oxygen atoms in total. The predicted octanol–water partition coefficient (Wildman–Crippen LogP) is 0.555. The van der Waals surface area contributed by atoms with Gasteiger partial charge in [-0.3, -0.25) is 9.69 Å². The van der Waals surface area contributed by atoms with E-state index >= 15 is 0 Å². The van der Waals surface area contributed by atoms with Gasteiger partial charge in [0.05, 0.1) is 5.92 Å². The number of hydrogen-bond acceptors (Lipinski definition) is 2. The highest BCUT2D eigenvalue weighted by Gasteiger charge is 2.36. The van der Waals surface area contributed by atoms with Crippen LogP contribution in [0.2, 0.25) is 0 Å². The van der Waals surface area contributed by atoms with Crippen molar-refractivity contribution in [2.24, 2.45) is 5.92 Å². The quantitative estimate of drug-likeness (QED) is 0.601. The lowest BCUT2D eigenvalue weighted by Gasteiger charge is -2.46. The molecule has 3 heteroatoms. The van der Waals surface area contributed by atoms with E-state index in [4.69, 9.17) is 5.11 Å². The number of fused-ring (bicyclic) bond motifs is 1. The first kappa shape index (κ1) is 7.10. The Morgan fingerprint density at radius 3 is 2.64 bits per heavy atom. The molecule has 2 aliphatic rings. The normalized spacial score (nSPS) is 37.5. The lowest BCUT2D eigenvalue weighted by molar-refractivity contribution is -0.145. The zero-order valence-corrected chi connectivity index (χ0v) is 6.49. The maximum Gasteiger partial charge on any atom is 0.307 e. The number of nitrogens with zero attached hydrogens (tertiary/aromatic N) is 1. The van der Waals surface area contributed by atoms with E-state index in [0.717, 1.165) is 32.0 Å². The summed E-state index contributed by atoms with van der Waals surface area (Å²) in [5.74, 6) is -0.707. The minimum absolute atomic E-state index is 0.0912. The van der Waals surface area contributed by atoms with Crippen LogP contribution < -0.4 is 0 Å². The van der Waals surface area contributed by atoms with Gasteiger partial charge in [0.1, 0.15) is 0 Å². The fourth-order valence-corrected chi connectivity index (χ4v) is 2.03. The zero-order chi connectivity index (χ0) is 7.84. The molecule has 11 heavy (non-hydrogen) atoms. The molecule has 0 aromatic rings. The Kier molecular flexibility index (Phi) is 1.60. The topological polar surface area (TPSA) is 40.5 Å². The number of rotatable bonds is 1. The van der Waals surface area contributed by atoms with Crippen LogP contribution in [0.3, 0.4) is 0 Å². The van der Waals surface area contributed by atoms with Gasteiger partial charge in [-0.1, -0.05) is 0 Å². The average Bonchev–Trinajstić information content (AvgIpc) is 1.91. The third-order valence-corrected chi connectivity index (χ3v) is 2.92. The zero-order valence-electron chi connectivity index (χ0n) is 6.49. The van der Waals surface area contributed by atoms with Gasteiger partial charge in [-0.25, -0.2) is 0 Å². The number of carboxylic acid groups (broad SMARTS) is 1. The van der Waals surface area contributed by atoms with E-state index in [-0.39, 0.29) is 5.92 Å². The molecule has 2 saturated heterocycles. The summed E-state index contributed by atoms with van der Waals surface area (Å²) in [6.45, 7) is 1.91. The summed E-state index contributed by atoms with van der Waals surface area (Å²) < 4.78 is 0. The lowest BCUT2D eigenvalue weighted by Crippen LogP contribution is -2.54. The average molecular weight is 155 g/mol. The fraction of sp³-hybridized carbons (Fsp3) is 0.875. The number of aliphatic carboxylic acids is 1. The summed E-state index contributed by atoms with van der Waals surface area (Å²) in [6.07, 6.45) is 3.26. The van der Waals surface area contributed by atoms with Crippen LogP contribution in [0.4, 0.5) is 0 Å². The van der Waals surface area contributed by atoms with E-state index in [1.54, 1.807) is 0 Å². The van der Waals surface area contributed by atoms with Gasteiger partial charge in [0.25, 0.3) is 0 Å². The highest BCUT2D eigenvalue weighted by molar-refractivity contribution is 5.70. The molecule has 62 valence electrons. The van der Waals surface area contributed by atoms with Crippen LogP contribution in [0, 0.1) is 5.92 Å². The molecule has 0 aromatic heterocycles. The van der Waals surface area contributed by atoms with Gasteiger partial charge in [-0.2, -0.15) is 0 Å². The van der Waals surface area contributed by atoms with Crippen molar-refractivity contribution in [3.63, 3.8) is 0 Å². The van der Waals surface area contributed by atoms with E-state index in [9.17, 15) is 4.79 Å². The first-order valence-electron chi connectivity index (χ1n) is 4.24. The van der Waals surface area contributed by atoms with Crippen molar-refractivity contribution in [1.29, 1.82) is 0 Å². The molecule has 2 aliphatic heterocycles. The van der Waals surface area contributed by atoms with E-state index in [1.807, 2.05) is 0 Å². The molecule has 2 rings (SSSR count). The predicted molar refractivity (Wildman–Crippen MR) is 40.3 cm³/mol. The second kappa shape index (κ2) is 2.48. The van der Waals surface area contributed by atoms with Crippen molar-refractivity contribution in [3.8, 4) is 0 Å². The van der Waals surface area contributed by atoms with Gasteiger partial charge in [-0.15, -0.1) is 0 Å². The summed E-state index contributed by atoms with van der Waals surface area (Å²) in [5.41, 5.74) is 0. The van der Waals surface area contributed by atoms with Crippen molar-refractivity contribution in [2.45, 2.75) is 25.3 Å². The van der Waals surface area contributed by atoms with E-state index in [2.05, 4.69) is 4.90 Å². The summed E-state index contributed by atoms with van der Waals surface area (Å²) in [4.78, 5) is 12.9. The second-order valence-corrected chi connectivity index (χ2v) is 3.55. The first-order chi connectivity index (χ1) is 5.27. The van der Waals surface area contributed by atoms with Crippen LogP contribution in [0.1, 0.15) is 19.3 Å². The molecule has 0 saturated carbocycles. The maximum absolute atomic E-state index is 10.6. The number of carbonyl (C=O) groups is 1. The molecule has 2 fully saturated rings. The van der Waals surface area contributed by atoms with Gasteiger partial charge < -0.3 is 5.11 Å². The molecule has 0 aliphatic carbocycles. The van der Waals surface area contributed by atoms with Crippen molar-refractivity contribution in [3.05, 3.63) is 0 Å². The Bertz CT molecular complexity index is 181. The van der Waals surface area contributed by atoms with Crippen molar-refractivity contribution >= 4 is 5.97 Å². The van der Waals surface area contributed by atoms with Gasteiger partial charge in [-0.05, 0) is 25.8 Å². The van der Waals surface area contributed by atoms with E-state index in [1.165, 1.54) is 6.42 Å². The monoisotopic (exact) mass is 155 g/mol. The van der Waals surface area contributed by atoms with Crippen LogP contribution in [-0.2, 0) is 4.79 Å². The molecule has 0 radical (unpaired) electrons. The molecular weight excluding hydrogens is 142 g/mol. The Balaban J connectivity index is 1.93. The summed E-state index contributed by atoms with van der Waals surface area (Å²) in [7, 11) is 0. The summed E-state index contributed by atoms with van der Waals surface area (Å²) in [6, 6.07) is 0.727. The summed E-state index contributed by atoms with van der Waals surface area (Å²) in [5, 5.41) is 8.74. The fourth-order valence-electron chi connectivity index (χ4n) is 2.03. The third-order valence-electron chi connectivity index (χ3n) is 2.92. The molecule has 0 bridgehead atoms. The standard InChI is InChI=1S/C8H13NO2/c10-8(11)6-1-2-7-3-4-9(7)5-6/h6-7H,1-5H2,(H,10,11). The number of piperidine rings is 1. The molecule has 2 unspecified atom stereocenters. The second-order valence-electron chi connectivity index (χ2n) is 3.55. The Hall–Kier alpha value is -0.570. The molecule has 1 N–H and O–H groups in total. The van der Waals surface area contributed by atoms with Gasteiger partial charge in [0, 0.05) is 12.6 Å². The first-order valence-corrected chi connectivity index (χ1v) is 4.24. The smallest absolute Gasteiger partial charge is 0.307 e. The maximum atomic E-state index is 10.6. The van der Waals surface area contributed by atoms with Crippen molar-refractivity contribution in [2.75, 3.05) is 13.1 Å². The number of hydrogen-bond donors (Lipinski definition) is 1. The SMILES string of the molecule is O=C(O)C1CCC2CCN2C1. The van der Waals surface area contributed by atoms with Crippen LogP contribution in [0.25, 0.3) is 0 Å². The highest BCUT2D eigenvalue weighted by atomic mass is 16.4. The largest absolute Gasteiger partial charge is 0.481 e. The molecule has 0 spiro atoms. The van der Waals surface area contributed by atoms with E-state index < -0.39 is 5.97 Å². The van der Waals surface area contributed by atoms with Crippen molar-refractivity contribution < 1.29 is 9.90 Å². The van der Waals surface area contributed by atoms with Crippen molar-refractivity contribution in [1.82, 2.24) is 4.90 Å². The summed E-state index contributed by atoms with van der Waals surface area (Å²) >= 11 is 0. The minimum Gasteiger partial charge on any atom is -0.481 e. The number of carboxylic acids is 1. The Morgan fingerprint density at radius 1 is 1.36 bits per heavy atom. The Morgan fingerprint density at radius 2 is 2.18 bits per heavy atom. The van der Waals surface area contributed by atoms with Gasteiger partial charge in [0.2, 0.25) is 0 Å². The van der Waals surface area contributed by atoms with Crippen LogP contribution in [0.15, 0.2) is 0 Å². The minimum atomic E-state index is -0.615.